The summed E-state index contributed by atoms with van der Waals surface area (Å²) in [6.07, 6.45) is 4.59. The molecule has 0 aliphatic rings. The van der Waals surface area contributed by atoms with E-state index in [4.69, 9.17) is 9.84 Å². The Balaban J connectivity index is 2.39. The van der Waals surface area contributed by atoms with Crippen molar-refractivity contribution in [2.75, 3.05) is 6.61 Å². The molecule has 0 saturated heterocycles. The van der Waals surface area contributed by atoms with Crippen LogP contribution in [0.2, 0.25) is 0 Å². The predicted octanol–water partition coefficient (Wildman–Crippen LogP) is 2.53. The quantitative estimate of drug-likeness (QED) is 0.725. The van der Waals surface area contributed by atoms with E-state index in [9.17, 15) is 0 Å². The normalized spacial score (nSPS) is 13.2. The van der Waals surface area contributed by atoms with Crippen LogP contribution < -0.4 is 0 Å². The number of hydrogen-bond acceptors (Lipinski definition) is 2. The largest absolute Gasteiger partial charge is 0.396 e. The van der Waals surface area contributed by atoms with Crippen LogP contribution in [0.3, 0.4) is 0 Å². The van der Waals surface area contributed by atoms with E-state index in [0.29, 0.717) is 13.0 Å². The number of aliphatic hydroxyl groups is 1. The van der Waals surface area contributed by atoms with Gasteiger partial charge >= 0.3 is 0 Å². The van der Waals surface area contributed by atoms with Gasteiger partial charge in [-0.15, -0.1) is 0 Å². The van der Waals surface area contributed by atoms with E-state index in [1.807, 2.05) is 49.4 Å². The summed E-state index contributed by atoms with van der Waals surface area (Å²) in [7, 11) is 0. The zero-order valence-electron chi connectivity index (χ0n) is 9.10. The second kappa shape index (κ2) is 7.21. The van der Waals surface area contributed by atoms with Crippen molar-refractivity contribution in [3.8, 4) is 0 Å². The van der Waals surface area contributed by atoms with Crippen LogP contribution in [-0.2, 0) is 11.3 Å². The van der Waals surface area contributed by atoms with E-state index in [0.717, 1.165) is 5.56 Å². The van der Waals surface area contributed by atoms with Crippen LogP contribution >= 0.6 is 0 Å². The third-order valence-corrected chi connectivity index (χ3v) is 2.13. The summed E-state index contributed by atoms with van der Waals surface area (Å²) in [5.41, 5.74) is 1.16. The lowest BCUT2D eigenvalue weighted by Gasteiger charge is -2.12. The number of ether oxygens (including phenoxy) is 1. The predicted molar refractivity (Wildman–Crippen MR) is 61.5 cm³/mol. The molecule has 1 N–H and O–H groups in total. The molecule has 2 heteroatoms. The van der Waals surface area contributed by atoms with E-state index in [1.165, 1.54) is 0 Å². The second-order valence-electron chi connectivity index (χ2n) is 3.37. The van der Waals surface area contributed by atoms with Crippen LogP contribution in [-0.4, -0.2) is 17.8 Å². The molecule has 0 saturated carbocycles. The lowest BCUT2D eigenvalue weighted by molar-refractivity contribution is 0.0543. The van der Waals surface area contributed by atoms with Gasteiger partial charge < -0.3 is 9.84 Å². The minimum atomic E-state index is 0.0141. The number of rotatable bonds is 6. The summed E-state index contributed by atoms with van der Waals surface area (Å²) < 4.78 is 5.66. The number of aliphatic hydroxyl groups excluding tert-OH is 1. The van der Waals surface area contributed by atoms with E-state index in [2.05, 4.69) is 0 Å². The van der Waals surface area contributed by atoms with Crippen LogP contribution in [0.25, 0.3) is 0 Å². The molecule has 0 aromatic heterocycles. The first-order valence-corrected chi connectivity index (χ1v) is 5.26. The molecule has 0 amide bonds. The Morgan fingerprint density at radius 2 is 2.07 bits per heavy atom. The first-order chi connectivity index (χ1) is 7.36. The smallest absolute Gasteiger partial charge is 0.0782 e. The molecule has 0 bridgehead atoms. The molecule has 0 spiro atoms. The Kier molecular flexibility index (Phi) is 5.74. The summed E-state index contributed by atoms with van der Waals surface area (Å²) in [6, 6.07) is 10.0. The van der Waals surface area contributed by atoms with Gasteiger partial charge in [0.25, 0.3) is 0 Å². The maximum atomic E-state index is 8.85. The molecule has 1 atom stereocenters. The molecule has 1 unspecified atom stereocenters. The van der Waals surface area contributed by atoms with E-state index in [1.54, 1.807) is 0 Å². The van der Waals surface area contributed by atoms with Gasteiger partial charge in [-0.05, 0) is 12.5 Å². The highest BCUT2D eigenvalue weighted by Crippen LogP contribution is 2.06. The number of allylic oxidation sites excluding steroid dienone is 1. The molecule has 0 aliphatic carbocycles. The van der Waals surface area contributed by atoms with Crippen molar-refractivity contribution in [2.24, 2.45) is 0 Å². The van der Waals surface area contributed by atoms with Gasteiger partial charge in [0.1, 0.15) is 0 Å². The highest BCUT2D eigenvalue weighted by Gasteiger charge is 2.03. The summed E-state index contributed by atoms with van der Waals surface area (Å²) in [6.45, 7) is 2.70. The van der Waals surface area contributed by atoms with Gasteiger partial charge in [-0.25, -0.2) is 0 Å². The van der Waals surface area contributed by atoms with Gasteiger partial charge in [0, 0.05) is 13.0 Å². The molecular formula is C13H18O2. The highest BCUT2D eigenvalue weighted by atomic mass is 16.5. The van der Waals surface area contributed by atoms with Crippen LogP contribution in [0.15, 0.2) is 42.5 Å². The third kappa shape index (κ3) is 4.77. The second-order valence-corrected chi connectivity index (χ2v) is 3.37. The Morgan fingerprint density at radius 1 is 1.33 bits per heavy atom. The zero-order chi connectivity index (χ0) is 10.9. The van der Waals surface area contributed by atoms with Crippen molar-refractivity contribution < 1.29 is 9.84 Å². The third-order valence-electron chi connectivity index (χ3n) is 2.13. The van der Waals surface area contributed by atoms with Crippen LogP contribution in [0, 0.1) is 0 Å². The first-order valence-electron chi connectivity index (χ1n) is 5.26. The van der Waals surface area contributed by atoms with Gasteiger partial charge in [0.05, 0.1) is 12.7 Å². The Hall–Kier alpha value is -1.12. The van der Waals surface area contributed by atoms with Crippen LogP contribution in [0.1, 0.15) is 18.9 Å². The zero-order valence-corrected chi connectivity index (χ0v) is 9.10. The van der Waals surface area contributed by atoms with Gasteiger partial charge in [-0.3, -0.25) is 0 Å². The van der Waals surface area contributed by atoms with Crippen LogP contribution in [0.4, 0.5) is 0 Å². The Labute approximate surface area is 91.2 Å². The fourth-order valence-corrected chi connectivity index (χ4v) is 1.35. The Bertz CT molecular complexity index is 280. The van der Waals surface area contributed by atoms with Crippen molar-refractivity contribution in [3.05, 3.63) is 48.0 Å². The molecule has 0 fully saturated rings. The van der Waals surface area contributed by atoms with Crippen molar-refractivity contribution in [3.63, 3.8) is 0 Å². The summed E-state index contributed by atoms with van der Waals surface area (Å²) in [4.78, 5) is 0. The van der Waals surface area contributed by atoms with Crippen LogP contribution in [0.5, 0.6) is 0 Å². The summed E-state index contributed by atoms with van der Waals surface area (Å²) in [5, 5.41) is 8.85. The SMILES string of the molecule is CC=CC(CCO)OCc1ccccc1. The van der Waals surface area contributed by atoms with E-state index >= 15 is 0 Å². The van der Waals surface area contributed by atoms with Gasteiger partial charge in [-0.1, -0.05) is 42.5 Å². The fraction of sp³-hybridized carbons (Fsp3) is 0.385. The minimum absolute atomic E-state index is 0.0141. The van der Waals surface area contributed by atoms with Gasteiger partial charge in [0.2, 0.25) is 0 Å². The van der Waals surface area contributed by atoms with E-state index < -0.39 is 0 Å². The molecule has 0 radical (unpaired) electrons. The minimum Gasteiger partial charge on any atom is -0.396 e. The summed E-state index contributed by atoms with van der Waals surface area (Å²) >= 11 is 0. The number of benzene rings is 1. The molecule has 15 heavy (non-hydrogen) atoms. The average Bonchev–Trinajstić information content (AvgIpc) is 2.28. The molecular weight excluding hydrogens is 188 g/mol. The van der Waals surface area contributed by atoms with Gasteiger partial charge in [-0.2, -0.15) is 0 Å². The molecule has 1 aromatic rings. The molecule has 1 aromatic carbocycles. The molecule has 0 heterocycles. The van der Waals surface area contributed by atoms with Crippen molar-refractivity contribution in [1.82, 2.24) is 0 Å². The lowest BCUT2D eigenvalue weighted by Crippen LogP contribution is -2.11. The van der Waals surface area contributed by atoms with Crippen molar-refractivity contribution in [2.45, 2.75) is 26.1 Å². The molecule has 82 valence electrons. The highest BCUT2D eigenvalue weighted by molar-refractivity contribution is 5.13. The standard InChI is InChI=1S/C13H18O2/c1-2-6-13(9-10-14)15-11-12-7-4-3-5-8-12/h2-8,13-14H,9-11H2,1H3. The fourth-order valence-electron chi connectivity index (χ4n) is 1.35. The Morgan fingerprint density at radius 3 is 2.67 bits per heavy atom. The van der Waals surface area contributed by atoms with Gasteiger partial charge in [0.15, 0.2) is 0 Å². The maximum Gasteiger partial charge on any atom is 0.0782 e. The number of hydrogen-bond donors (Lipinski definition) is 1. The molecule has 0 aliphatic heterocycles. The molecule has 1 rings (SSSR count). The first kappa shape index (κ1) is 12.0. The topological polar surface area (TPSA) is 29.5 Å². The van der Waals surface area contributed by atoms with E-state index in [-0.39, 0.29) is 12.7 Å². The lowest BCUT2D eigenvalue weighted by atomic mass is 10.2. The van der Waals surface area contributed by atoms with Crippen molar-refractivity contribution >= 4 is 0 Å². The average molecular weight is 206 g/mol. The molecule has 2 nitrogen and oxygen atoms in total. The summed E-state index contributed by atoms with van der Waals surface area (Å²) in [5.74, 6) is 0. The maximum absolute atomic E-state index is 8.85. The monoisotopic (exact) mass is 206 g/mol. The van der Waals surface area contributed by atoms with Crippen molar-refractivity contribution in [1.29, 1.82) is 0 Å².